The monoisotopic (exact) mass is 227 g/mol. The Labute approximate surface area is 93.9 Å². The number of carboxylic acids is 1. The Hall–Kier alpha value is -1.43. The summed E-state index contributed by atoms with van der Waals surface area (Å²) >= 11 is 0. The van der Waals surface area contributed by atoms with Crippen LogP contribution in [0.3, 0.4) is 0 Å². The maximum absolute atomic E-state index is 11.0. The predicted octanol–water partition coefficient (Wildman–Crippen LogP) is 1.04. The van der Waals surface area contributed by atoms with Crippen LogP contribution in [0.25, 0.3) is 0 Å². The minimum atomic E-state index is -1.06. The van der Waals surface area contributed by atoms with Gasteiger partial charge in [-0.2, -0.15) is 0 Å². The summed E-state index contributed by atoms with van der Waals surface area (Å²) in [7, 11) is 0. The van der Waals surface area contributed by atoms with Crippen LogP contribution in [0.15, 0.2) is 0 Å². The lowest BCUT2D eigenvalue weighted by Crippen LogP contribution is -2.14. The lowest BCUT2D eigenvalue weighted by molar-refractivity contribution is 0.0688. The molecule has 0 aliphatic carbocycles. The molecule has 0 spiro atoms. The summed E-state index contributed by atoms with van der Waals surface area (Å²) in [5.74, 6) is -1.03. The summed E-state index contributed by atoms with van der Waals surface area (Å²) in [6, 6.07) is -0.0528. The number of aliphatic hydroxyl groups excluding tert-OH is 1. The Morgan fingerprint density at radius 3 is 2.50 bits per heavy atom. The van der Waals surface area contributed by atoms with Crippen molar-refractivity contribution in [2.75, 3.05) is 6.61 Å². The number of carbonyl (C=O) groups is 1. The molecule has 0 radical (unpaired) electrons. The fraction of sp³-hybridized carbons (Fsp3) is 0.700. The topological polar surface area (TPSA) is 88.2 Å². The molecule has 0 fully saturated rings. The van der Waals surface area contributed by atoms with Crippen molar-refractivity contribution in [3.8, 4) is 0 Å². The Balaban J connectivity index is 3.14. The fourth-order valence-corrected chi connectivity index (χ4v) is 1.63. The van der Waals surface area contributed by atoms with Crippen LogP contribution >= 0.6 is 0 Å². The maximum Gasteiger partial charge on any atom is 0.358 e. The van der Waals surface area contributed by atoms with E-state index in [-0.39, 0.29) is 24.3 Å². The van der Waals surface area contributed by atoms with Crippen molar-refractivity contribution >= 4 is 5.97 Å². The van der Waals surface area contributed by atoms with Gasteiger partial charge in [0.1, 0.15) is 0 Å². The van der Waals surface area contributed by atoms with Gasteiger partial charge in [0.25, 0.3) is 0 Å². The first-order chi connectivity index (χ1) is 7.49. The molecule has 1 rings (SSSR count). The fourth-order valence-electron chi connectivity index (χ4n) is 1.63. The Morgan fingerprint density at radius 1 is 1.44 bits per heavy atom. The first kappa shape index (κ1) is 12.6. The number of aromatic carboxylic acids is 1. The molecule has 2 N–H and O–H groups in total. The Kier molecular flexibility index (Phi) is 4.00. The van der Waals surface area contributed by atoms with E-state index in [1.807, 2.05) is 20.8 Å². The lowest BCUT2D eigenvalue weighted by atomic mass is 10.1. The standard InChI is InChI=1S/C10H17N3O3/c1-6(2)9-8(10(15)16)11-12-13(9)7(3)4-5-14/h6-7,14H,4-5H2,1-3H3,(H,15,16). The van der Waals surface area contributed by atoms with Gasteiger partial charge in [-0.15, -0.1) is 5.10 Å². The number of rotatable bonds is 5. The predicted molar refractivity (Wildman–Crippen MR) is 57.5 cm³/mol. The molecule has 90 valence electrons. The van der Waals surface area contributed by atoms with Gasteiger partial charge < -0.3 is 10.2 Å². The molecule has 0 aliphatic rings. The molecule has 0 aliphatic heterocycles. The highest BCUT2D eigenvalue weighted by molar-refractivity contribution is 5.86. The van der Waals surface area contributed by atoms with Crippen LogP contribution in [0.5, 0.6) is 0 Å². The summed E-state index contributed by atoms with van der Waals surface area (Å²) < 4.78 is 1.59. The number of hydrogen-bond donors (Lipinski definition) is 2. The SMILES string of the molecule is CC(C)c1c(C(=O)O)nnn1C(C)CCO. The first-order valence-corrected chi connectivity index (χ1v) is 5.28. The van der Waals surface area contributed by atoms with Gasteiger partial charge in [-0.3, -0.25) is 0 Å². The van der Waals surface area contributed by atoms with Crippen LogP contribution in [0.2, 0.25) is 0 Å². The summed E-state index contributed by atoms with van der Waals surface area (Å²) in [5, 5.41) is 25.4. The molecule has 0 saturated carbocycles. The average molecular weight is 227 g/mol. The summed E-state index contributed by atoms with van der Waals surface area (Å²) in [6.07, 6.45) is 0.530. The Morgan fingerprint density at radius 2 is 2.06 bits per heavy atom. The summed E-state index contributed by atoms with van der Waals surface area (Å²) in [5.41, 5.74) is 0.605. The number of aliphatic hydroxyl groups is 1. The van der Waals surface area contributed by atoms with Gasteiger partial charge in [0.2, 0.25) is 0 Å². The second-order valence-electron chi connectivity index (χ2n) is 4.09. The molecular weight excluding hydrogens is 210 g/mol. The minimum absolute atomic E-state index is 0.000195. The molecule has 1 unspecified atom stereocenters. The first-order valence-electron chi connectivity index (χ1n) is 5.28. The van der Waals surface area contributed by atoms with Crippen LogP contribution in [0.1, 0.15) is 55.3 Å². The molecule has 6 nitrogen and oxygen atoms in total. The number of carboxylic acid groups (broad SMARTS) is 1. The minimum Gasteiger partial charge on any atom is -0.476 e. The third kappa shape index (κ3) is 2.38. The van der Waals surface area contributed by atoms with Crippen molar-refractivity contribution in [3.63, 3.8) is 0 Å². The van der Waals surface area contributed by atoms with Crippen molar-refractivity contribution in [1.29, 1.82) is 0 Å². The lowest BCUT2D eigenvalue weighted by Gasteiger charge is -2.15. The highest BCUT2D eigenvalue weighted by Crippen LogP contribution is 2.22. The maximum atomic E-state index is 11.0. The quantitative estimate of drug-likeness (QED) is 0.784. The molecule has 1 aromatic heterocycles. The van der Waals surface area contributed by atoms with Gasteiger partial charge in [0.05, 0.1) is 11.7 Å². The van der Waals surface area contributed by atoms with E-state index in [2.05, 4.69) is 10.3 Å². The molecule has 1 heterocycles. The zero-order chi connectivity index (χ0) is 12.3. The second-order valence-corrected chi connectivity index (χ2v) is 4.09. The van der Waals surface area contributed by atoms with Crippen molar-refractivity contribution in [1.82, 2.24) is 15.0 Å². The van der Waals surface area contributed by atoms with Gasteiger partial charge in [-0.1, -0.05) is 19.1 Å². The molecule has 16 heavy (non-hydrogen) atoms. The van der Waals surface area contributed by atoms with E-state index in [1.54, 1.807) is 4.68 Å². The molecule has 0 amide bonds. The molecule has 6 heteroatoms. The summed E-state index contributed by atoms with van der Waals surface area (Å²) in [4.78, 5) is 11.0. The van der Waals surface area contributed by atoms with Crippen molar-refractivity contribution < 1.29 is 15.0 Å². The Bertz CT molecular complexity index is 373. The van der Waals surface area contributed by atoms with E-state index in [4.69, 9.17) is 10.2 Å². The largest absolute Gasteiger partial charge is 0.476 e. The van der Waals surface area contributed by atoms with Gasteiger partial charge in [0.15, 0.2) is 5.69 Å². The third-order valence-electron chi connectivity index (χ3n) is 2.44. The van der Waals surface area contributed by atoms with Crippen LogP contribution in [0, 0.1) is 0 Å². The molecule has 1 aromatic rings. The summed E-state index contributed by atoms with van der Waals surface area (Å²) in [6.45, 7) is 5.71. The number of aromatic nitrogens is 3. The van der Waals surface area contributed by atoms with Crippen molar-refractivity contribution in [3.05, 3.63) is 11.4 Å². The normalized spacial score (nSPS) is 13.1. The van der Waals surface area contributed by atoms with E-state index in [0.29, 0.717) is 12.1 Å². The number of hydrogen-bond acceptors (Lipinski definition) is 4. The van der Waals surface area contributed by atoms with Crippen LogP contribution in [-0.4, -0.2) is 37.8 Å². The van der Waals surface area contributed by atoms with Gasteiger partial charge in [0, 0.05) is 6.61 Å². The number of nitrogens with zero attached hydrogens (tertiary/aromatic N) is 3. The zero-order valence-corrected chi connectivity index (χ0v) is 9.71. The molecule has 0 bridgehead atoms. The van der Waals surface area contributed by atoms with E-state index in [9.17, 15) is 4.79 Å². The smallest absolute Gasteiger partial charge is 0.358 e. The molecule has 0 saturated heterocycles. The van der Waals surface area contributed by atoms with E-state index >= 15 is 0 Å². The van der Waals surface area contributed by atoms with Crippen LogP contribution in [-0.2, 0) is 0 Å². The molecule has 1 atom stereocenters. The van der Waals surface area contributed by atoms with E-state index in [1.165, 1.54) is 0 Å². The van der Waals surface area contributed by atoms with Crippen LogP contribution in [0.4, 0.5) is 0 Å². The molecule has 0 aromatic carbocycles. The second kappa shape index (κ2) is 5.07. The highest BCUT2D eigenvalue weighted by atomic mass is 16.4. The van der Waals surface area contributed by atoms with Crippen molar-refractivity contribution in [2.45, 2.75) is 39.2 Å². The van der Waals surface area contributed by atoms with E-state index in [0.717, 1.165) is 0 Å². The van der Waals surface area contributed by atoms with Gasteiger partial charge in [-0.25, -0.2) is 9.48 Å². The van der Waals surface area contributed by atoms with E-state index < -0.39 is 5.97 Å². The highest BCUT2D eigenvalue weighted by Gasteiger charge is 2.23. The average Bonchev–Trinajstić information content (AvgIpc) is 2.61. The molecular formula is C10H17N3O3. The van der Waals surface area contributed by atoms with Crippen LogP contribution < -0.4 is 0 Å². The van der Waals surface area contributed by atoms with Gasteiger partial charge >= 0.3 is 5.97 Å². The zero-order valence-electron chi connectivity index (χ0n) is 9.71. The third-order valence-corrected chi connectivity index (χ3v) is 2.44. The van der Waals surface area contributed by atoms with Gasteiger partial charge in [-0.05, 0) is 19.3 Å². The van der Waals surface area contributed by atoms with Crippen molar-refractivity contribution in [2.24, 2.45) is 0 Å².